The molecule has 1 aliphatic heterocycles. The van der Waals surface area contributed by atoms with Crippen LogP contribution in [0.15, 0.2) is 34.0 Å². The van der Waals surface area contributed by atoms with Crippen molar-refractivity contribution in [3.8, 4) is 0 Å². The van der Waals surface area contributed by atoms with Crippen LogP contribution in [0.1, 0.15) is 20.3 Å². The average Bonchev–Trinajstić information content (AvgIpc) is 2.86. The number of carbonyl (C=O) groups is 1. The minimum Gasteiger partial charge on any atom is -0.359 e. The molecule has 10 nitrogen and oxygen atoms in total. The molecular formula is C24H29ClFN7O3. The van der Waals surface area contributed by atoms with Gasteiger partial charge in [-0.1, -0.05) is 25.4 Å². The molecule has 4 rings (SSSR count). The van der Waals surface area contributed by atoms with Crippen LogP contribution in [0.3, 0.4) is 0 Å². The van der Waals surface area contributed by atoms with Crippen LogP contribution < -0.4 is 26.7 Å². The molecule has 3 atom stereocenters. The summed E-state index contributed by atoms with van der Waals surface area (Å²) in [5.41, 5.74) is 0.199. The zero-order valence-electron chi connectivity index (χ0n) is 20.6. The molecule has 0 bridgehead atoms. The second-order valence-corrected chi connectivity index (χ2v) is 9.65. The molecule has 12 heteroatoms. The number of aromatic nitrogens is 4. The third-order valence-corrected chi connectivity index (χ3v) is 6.86. The van der Waals surface area contributed by atoms with Gasteiger partial charge in [0.1, 0.15) is 11.2 Å². The van der Waals surface area contributed by atoms with Crippen molar-refractivity contribution in [3.05, 3.63) is 50.1 Å². The van der Waals surface area contributed by atoms with E-state index in [0.717, 1.165) is 0 Å². The van der Waals surface area contributed by atoms with Crippen molar-refractivity contribution in [2.45, 2.75) is 33.0 Å². The number of anilines is 3. The maximum Gasteiger partial charge on any atom is 0.316 e. The number of nitrogens with one attached hydrogen (secondary N) is 2. The molecule has 0 spiro atoms. The normalized spacial score (nSPS) is 19.9. The number of amides is 1. The first-order chi connectivity index (χ1) is 17.1. The van der Waals surface area contributed by atoms with Crippen molar-refractivity contribution >= 4 is 46.0 Å². The van der Waals surface area contributed by atoms with E-state index in [9.17, 15) is 18.8 Å². The van der Waals surface area contributed by atoms with Crippen molar-refractivity contribution in [3.63, 3.8) is 0 Å². The van der Waals surface area contributed by atoms with Gasteiger partial charge in [0.15, 0.2) is 5.82 Å². The average molecular weight is 518 g/mol. The molecule has 0 saturated carbocycles. The second kappa shape index (κ2) is 10.3. The van der Waals surface area contributed by atoms with Gasteiger partial charge < -0.3 is 24.7 Å². The van der Waals surface area contributed by atoms with Crippen LogP contribution in [0.4, 0.5) is 21.8 Å². The highest BCUT2D eigenvalue weighted by molar-refractivity contribution is 6.32. The lowest BCUT2D eigenvalue weighted by Gasteiger charge is -2.37. The topological polar surface area (TPSA) is 114 Å². The summed E-state index contributed by atoms with van der Waals surface area (Å²) in [5.74, 6) is 0.253. The summed E-state index contributed by atoms with van der Waals surface area (Å²) in [5, 5.41) is 5.97. The first kappa shape index (κ1) is 25.6. The molecule has 1 aromatic carbocycles. The van der Waals surface area contributed by atoms with E-state index >= 15 is 0 Å². The summed E-state index contributed by atoms with van der Waals surface area (Å²) >= 11 is 6.38. The summed E-state index contributed by atoms with van der Waals surface area (Å²) in [7, 11) is 3.04. The highest BCUT2D eigenvalue weighted by Gasteiger charge is 2.33. The van der Waals surface area contributed by atoms with Crippen LogP contribution in [0, 0.1) is 11.8 Å². The number of carbonyl (C=O) groups excluding carboxylic acids is 1. The summed E-state index contributed by atoms with van der Waals surface area (Å²) in [6.07, 6.45) is 0.664. The Morgan fingerprint density at radius 1 is 1.17 bits per heavy atom. The van der Waals surface area contributed by atoms with Crippen LogP contribution >= 0.6 is 11.6 Å². The molecule has 1 amide bonds. The number of aryl methyl sites for hydroxylation is 2. The molecular weight excluding hydrogens is 489 g/mol. The van der Waals surface area contributed by atoms with Gasteiger partial charge in [-0.25, -0.2) is 9.37 Å². The minimum absolute atomic E-state index is 0.0455. The molecule has 3 heterocycles. The van der Waals surface area contributed by atoms with Crippen molar-refractivity contribution in [2.24, 2.45) is 18.9 Å². The number of alkyl halides is 1. The molecule has 0 radical (unpaired) electrons. The number of halogens is 2. The van der Waals surface area contributed by atoms with Crippen LogP contribution in [-0.2, 0) is 18.4 Å². The number of piperidine rings is 1. The summed E-state index contributed by atoms with van der Waals surface area (Å²) in [6, 6.07) is 5.16. The molecule has 3 aromatic rings. The number of nitrogens with zero attached hydrogens (tertiary/aromatic N) is 5. The number of hydrogen-bond donors (Lipinski definition) is 2. The molecule has 0 aliphatic carbocycles. The van der Waals surface area contributed by atoms with Crippen molar-refractivity contribution in [1.82, 2.24) is 24.4 Å². The van der Waals surface area contributed by atoms with Gasteiger partial charge in [0.2, 0.25) is 11.9 Å². The SMILES string of the molecule is CNC(=O)CCn1c(=O)c(=O)n(C)c2ccc(Nc3nc(N4C[C@@H](C)C(F)[C@@H](C)C4)ncc3Cl)cc21. The Balaban J connectivity index is 1.70. The maximum atomic E-state index is 14.3. The summed E-state index contributed by atoms with van der Waals surface area (Å²) < 4.78 is 16.9. The van der Waals surface area contributed by atoms with Gasteiger partial charge in [-0.05, 0) is 18.2 Å². The number of hydrogen-bond acceptors (Lipinski definition) is 7. The van der Waals surface area contributed by atoms with Crippen LogP contribution in [0.25, 0.3) is 11.0 Å². The second-order valence-electron chi connectivity index (χ2n) is 9.24. The highest BCUT2D eigenvalue weighted by atomic mass is 35.5. The van der Waals surface area contributed by atoms with E-state index in [1.807, 2.05) is 18.7 Å². The molecule has 1 saturated heterocycles. The van der Waals surface area contributed by atoms with E-state index in [-0.39, 0.29) is 35.7 Å². The van der Waals surface area contributed by atoms with Crippen LogP contribution in [-0.4, -0.2) is 51.3 Å². The first-order valence-corrected chi connectivity index (χ1v) is 12.1. The Bertz CT molecular complexity index is 1410. The van der Waals surface area contributed by atoms with Crippen LogP contribution in [0.5, 0.6) is 0 Å². The van der Waals surface area contributed by atoms with Crippen molar-refractivity contribution in [2.75, 3.05) is 30.4 Å². The van der Waals surface area contributed by atoms with Crippen molar-refractivity contribution in [1.29, 1.82) is 0 Å². The Morgan fingerprint density at radius 3 is 2.53 bits per heavy atom. The van der Waals surface area contributed by atoms with Gasteiger partial charge in [-0.2, -0.15) is 4.98 Å². The minimum atomic E-state index is -0.874. The third kappa shape index (κ3) is 4.92. The number of rotatable bonds is 6. The smallest absolute Gasteiger partial charge is 0.316 e. The van der Waals surface area contributed by atoms with E-state index in [2.05, 4.69) is 20.6 Å². The number of fused-ring (bicyclic) bond motifs is 1. The maximum absolute atomic E-state index is 14.3. The lowest BCUT2D eigenvalue weighted by atomic mass is 9.90. The monoisotopic (exact) mass is 517 g/mol. The highest BCUT2D eigenvalue weighted by Crippen LogP contribution is 2.30. The zero-order valence-corrected chi connectivity index (χ0v) is 21.3. The third-order valence-electron chi connectivity index (χ3n) is 6.58. The van der Waals surface area contributed by atoms with Gasteiger partial charge in [0, 0.05) is 57.7 Å². The summed E-state index contributed by atoms with van der Waals surface area (Å²) in [4.78, 5) is 47.8. The zero-order chi connectivity index (χ0) is 26.1. The number of benzene rings is 1. The van der Waals surface area contributed by atoms with Gasteiger partial charge in [-0.3, -0.25) is 14.4 Å². The molecule has 1 aliphatic rings. The molecule has 2 N–H and O–H groups in total. The fourth-order valence-electron chi connectivity index (χ4n) is 4.57. The molecule has 36 heavy (non-hydrogen) atoms. The van der Waals surface area contributed by atoms with Crippen molar-refractivity contribution < 1.29 is 9.18 Å². The summed E-state index contributed by atoms with van der Waals surface area (Å²) in [6.45, 7) is 4.78. The Hall–Kier alpha value is -3.47. The van der Waals surface area contributed by atoms with E-state index in [0.29, 0.717) is 41.6 Å². The van der Waals surface area contributed by atoms with E-state index < -0.39 is 17.3 Å². The van der Waals surface area contributed by atoms with E-state index in [1.54, 1.807) is 18.2 Å². The molecule has 1 unspecified atom stereocenters. The molecule has 1 fully saturated rings. The molecule has 192 valence electrons. The predicted octanol–water partition coefficient (Wildman–Crippen LogP) is 2.45. The Kier molecular flexibility index (Phi) is 7.30. The van der Waals surface area contributed by atoms with Crippen LogP contribution in [0.2, 0.25) is 5.02 Å². The molecule has 2 aromatic heterocycles. The van der Waals surface area contributed by atoms with E-state index in [1.165, 1.54) is 29.4 Å². The lowest BCUT2D eigenvalue weighted by Crippen LogP contribution is -2.46. The van der Waals surface area contributed by atoms with Gasteiger partial charge in [0.05, 0.1) is 17.2 Å². The Morgan fingerprint density at radius 2 is 1.86 bits per heavy atom. The van der Waals surface area contributed by atoms with Gasteiger partial charge in [0.25, 0.3) is 0 Å². The lowest BCUT2D eigenvalue weighted by molar-refractivity contribution is -0.120. The predicted molar refractivity (Wildman–Crippen MR) is 138 cm³/mol. The standard InChI is InChI=1S/C24H29ClFN7O3/c1-13-11-32(12-14(2)20(13)26)24-28-10-16(25)21(30-24)29-15-5-6-17-18(9-15)33(8-7-19(34)27-3)23(36)22(35)31(17)4/h5-6,9-10,13-14,20H,7-8,11-12H2,1-4H3,(H,27,34)(H,28,29,30)/t13-,14+,20?. The van der Waals surface area contributed by atoms with Gasteiger partial charge >= 0.3 is 11.1 Å². The fourth-order valence-corrected chi connectivity index (χ4v) is 4.71. The quantitative estimate of drug-likeness (QED) is 0.483. The van der Waals surface area contributed by atoms with Gasteiger partial charge in [-0.15, -0.1) is 0 Å². The largest absolute Gasteiger partial charge is 0.359 e. The van der Waals surface area contributed by atoms with E-state index in [4.69, 9.17) is 11.6 Å². The fraction of sp³-hybridized carbons (Fsp3) is 0.458. The Labute approximate surface area is 212 Å². The first-order valence-electron chi connectivity index (χ1n) is 11.7.